The third-order valence-corrected chi connectivity index (χ3v) is 20.0. The summed E-state index contributed by atoms with van der Waals surface area (Å²) in [7, 11) is 0. The first kappa shape index (κ1) is 19.0. The summed E-state index contributed by atoms with van der Waals surface area (Å²) in [6.45, 7) is 11.5. The molecule has 0 bridgehead atoms. The number of rotatable bonds is 10. The zero-order valence-corrected chi connectivity index (χ0v) is 17.8. The molecule has 0 aliphatic heterocycles. The number of aromatic nitrogens is 1. The van der Waals surface area contributed by atoms with Crippen molar-refractivity contribution >= 4 is 22.1 Å². The van der Waals surface area contributed by atoms with Gasteiger partial charge in [0.25, 0.3) is 0 Å². The Kier molecular flexibility index (Phi) is 8.92. The maximum absolute atomic E-state index is 4.96. The van der Waals surface area contributed by atoms with Gasteiger partial charge in [0.2, 0.25) is 0 Å². The predicted molar refractivity (Wildman–Crippen MR) is 98.2 cm³/mol. The molecule has 1 rings (SSSR count). The first-order valence-corrected chi connectivity index (χ1v) is 16.5. The topological polar surface area (TPSA) is 12.9 Å². The van der Waals surface area contributed by atoms with Crippen molar-refractivity contribution in [2.75, 3.05) is 0 Å². The fourth-order valence-corrected chi connectivity index (χ4v) is 18.8. The number of hydrogen-bond donors (Lipinski definition) is 0. The van der Waals surface area contributed by atoms with Crippen molar-refractivity contribution in [1.29, 1.82) is 0 Å². The van der Waals surface area contributed by atoms with E-state index in [4.69, 9.17) is 4.98 Å². The van der Waals surface area contributed by atoms with Gasteiger partial charge in [-0.3, -0.25) is 0 Å². The van der Waals surface area contributed by atoms with Crippen molar-refractivity contribution < 1.29 is 0 Å². The van der Waals surface area contributed by atoms with Crippen LogP contribution >= 0.6 is 0 Å². The maximum atomic E-state index is 4.96. The summed E-state index contributed by atoms with van der Waals surface area (Å²) >= 11 is -2.28. The van der Waals surface area contributed by atoms with Crippen LogP contribution in [-0.4, -0.2) is 23.4 Å². The molecule has 0 saturated carbocycles. The number of nitrogens with zero attached hydrogens (tertiary/aromatic N) is 1. The van der Waals surface area contributed by atoms with Crippen LogP contribution in [0.2, 0.25) is 13.3 Å². The molecule has 0 radical (unpaired) electrons. The van der Waals surface area contributed by atoms with Crippen LogP contribution in [0, 0.1) is 13.8 Å². The van der Waals surface area contributed by atoms with Crippen molar-refractivity contribution in [3.8, 4) is 0 Å². The van der Waals surface area contributed by atoms with Crippen LogP contribution in [0.15, 0.2) is 12.3 Å². The third-order valence-electron chi connectivity index (χ3n) is 4.94. The number of aryl methyl sites for hydroxylation is 2. The summed E-state index contributed by atoms with van der Waals surface area (Å²) in [6.07, 6.45) is 10.4. The van der Waals surface area contributed by atoms with Gasteiger partial charge in [0.05, 0.1) is 0 Å². The van der Waals surface area contributed by atoms with Crippen molar-refractivity contribution in [2.45, 2.75) is 86.5 Å². The van der Waals surface area contributed by atoms with Crippen LogP contribution in [-0.2, 0) is 0 Å². The number of pyridine rings is 1. The Morgan fingerprint density at radius 3 is 1.67 bits per heavy atom. The second-order valence-electron chi connectivity index (χ2n) is 6.74. The predicted octanol–water partition coefficient (Wildman–Crippen LogP) is 5.75. The van der Waals surface area contributed by atoms with E-state index in [1.807, 2.05) is 0 Å². The number of hydrogen-bond acceptors (Lipinski definition) is 1. The molecule has 0 aromatic carbocycles. The molecular weight excluding hydrogens is 361 g/mol. The van der Waals surface area contributed by atoms with Crippen LogP contribution in [0.1, 0.15) is 70.4 Å². The van der Waals surface area contributed by atoms with Crippen LogP contribution in [0.4, 0.5) is 0 Å². The van der Waals surface area contributed by atoms with Crippen LogP contribution < -0.4 is 3.71 Å². The molecule has 0 N–H and O–H groups in total. The van der Waals surface area contributed by atoms with Crippen molar-refractivity contribution in [3.05, 3.63) is 23.4 Å². The van der Waals surface area contributed by atoms with Gasteiger partial charge in [-0.25, -0.2) is 0 Å². The summed E-state index contributed by atoms with van der Waals surface area (Å²) in [6, 6.07) is 2.46. The summed E-state index contributed by atoms with van der Waals surface area (Å²) in [5.41, 5.74) is 2.80. The van der Waals surface area contributed by atoms with Crippen molar-refractivity contribution in [3.63, 3.8) is 0 Å². The second-order valence-corrected chi connectivity index (χ2v) is 19.8. The average molecular weight is 396 g/mol. The van der Waals surface area contributed by atoms with E-state index in [1.165, 1.54) is 63.0 Å². The van der Waals surface area contributed by atoms with E-state index >= 15 is 0 Å². The van der Waals surface area contributed by atoms with E-state index in [0.717, 1.165) is 0 Å². The van der Waals surface area contributed by atoms with Gasteiger partial charge in [0.1, 0.15) is 0 Å². The Morgan fingerprint density at radius 2 is 1.29 bits per heavy atom. The minimum absolute atomic E-state index is 1.34. The first-order chi connectivity index (χ1) is 10.1. The number of unbranched alkanes of at least 4 members (excludes halogenated alkanes) is 3. The van der Waals surface area contributed by atoms with E-state index in [2.05, 4.69) is 46.9 Å². The third kappa shape index (κ3) is 5.58. The molecule has 120 valence electrons. The van der Waals surface area contributed by atoms with Gasteiger partial charge in [0, 0.05) is 0 Å². The Hall–Kier alpha value is -0.0513. The molecule has 0 saturated heterocycles. The average Bonchev–Trinajstić information content (AvgIpc) is 2.50. The van der Waals surface area contributed by atoms with Crippen LogP contribution in [0.3, 0.4) is 0 Å². The van der Waals surface area contributed by atoms with Gasteiger partial charge in [0.15, 0.2) is 0 Å². The Morgan fingerprint density at radius 1 is 0.810 bits per heavy atom. The first-order valence-electron chi connectivity index (χ1n) is 9.03. The quantitative estimate of drug-likeness (QED) is 0.459. The minimum atomic E-state index is -2.28. The fraction of sp³-hybridized carbons (Fsp3) is 0.737. The van der Waals surface area contributed by atoms with E-state index in [0.29, 0.717) is 0 Å². The molecule has 1 heterocycles. The molecular formula is C19H35NSn. The van der Waals surface area contributed by atoms with Gasteiger partial charge in [-0.1, -0.05) is 0 Å². The summed E-state index contributed by atoms with van der Waals surface area (Å²) in [5.74, 6) is 0. The summed E-state index contributed by atoms with van der Waals surface area (Å²) < 4.78 is 6.12. The normalized spacial score (nSPS) is 11.9. The molecule has 2 heteroatoms. The van der Waals surface area contributed by atoms with Gasteiger partial charge in [-0.05, 0) is 0 Å². The van der Waals surface area contributed by atoms with E-state index in [-0.39, 0.29) is 0 Å². The molecule has 1 aromatic rings. The van der Waals surface area contributed by atoms with Gasteiger partial charge >= 0.3 is 137 Å². The van der Waals surface area contributed by atoms with E-state index < -0.39 is 18.4 Å². The molecule has 1 aromatic heterocycles. The van der Waals surface area contributed by atoms with Crippen molar-refractivity contribution in [1.82, 2.24) is 4.98 Å². The SMILES string of the molecule is CCC[CH2][Sn]([CH2]CCC)([CH2]CCC)[c]1cc(C)c(C)cn1. The second kappa shape index (κ2) is 9.86. The van der Waals surface area contributed by atoms with Gasteiger partial charge < -0.3 is 0 Å². The van der Waals surface area contributed by atoms with Crippen LogP contribution in [0.25, 0.3) is 0 Å². The standard InChI is InChI=1S/C7H8N.3C4H9.Sn/c1-6-3-4-8-5-7(6)2;3*1-3-4-2;/h3,5H,1-2H3;3*1,3-4H2,2H3;. The monoisotopic (exact) mass is 397 g/mol. The van der Waals surface area contributed by atoms with Gasteiger partial charge in [-0.15, -0.1) is 0 Å². The molecule has 1 nitrogen and oxygen atoms in total. The molecule has 0 aliphatic carbocycles. The summed E-state index contributed by atoms with van der Waals surface area (Å²) in [5, 5.41) is 0. The van der Waals surface area contributed by atoms with E-state index in [9.17, 15) is 0 Å². The Labute approximate surface area is 136 Å². The zero-order chi connectivity index (χ0) is 15.7. The Bertz CT molecular complexity index is 392. The molecule has 0 aliphatic rings. The molecule has 21 heavy (non-hydrogen) atoms. The fourth-order valence-electron chi connectivity index (χ4n) is 3.22. The molecule has 0 atom stereocenters. The molecule has 0 amide bonds. The van der Waals surface area contributed by atoms with Crippen LogP contribution in [0.5, 0.6) is 0 Å². The van der Waals surface area contributed by atoms with Gasteiger partial charge in [-0.2, -0.15) is 0 Å². The Balaban J connectivity index is 3.12. The molecule has 0 spiro atoms. The van der Waals surface area contributed by atoms with Crippen molar-refractivity contribution in [2.24, 2.45) is 0 Å². The summed E-state index contributed by atoms with van der Waals surface area (Å²) in [4.78, 5) is 4.96. The van der Waals surface area contributed by atoms with E-state index in [1.54, 1.807) is 3.71 Å². The molecule has 0 fully saturated rings. The molecule has 0 unspecified atom stereocenters. The zero-order valence-electron chi connectivity index (χ0n) is 15.0.